The van der Waals surface area contributed by atoms with Crippen LogP contribution in [0.3, 0.4) is 0 Å². The molecule has 1 fully saturated rings. The van der Waals surface area contributed by atoms with Crippen LogP contribution >= 0.6 is 22.6 Å². The van der Waals surface area contributed by atoms with Gasteiger partial charge in [0.2, 0.25) is 0 Å². The van der Waals surface area contributed by atoms with Gasteiger partial charge < -0.3 is 9.74 Å². The summed E-state index contributed by atoms with van der Waals surface area (Å²) in [6.07, 6.45) is 3.78. The van der Waals surface area contributed by atoms with Crippen molar-refractivity contribution in [2.45, 2.75) is 50.5 Å². The fraction of sp³-hybridized carbons (Fsp3) is 0.478. The van der Waals surface area contributed by atoms with Crippen molar-refractivity contribution in [2.75, 3.05) is 11.0 Å². The quantitative estimate of drug-likeness (QED) is 0.278. The van der Waals surface area contributed by atoms with E-state index in [9.17, 15) is 0 Å². The highest BCUT2D eigenvalue weighted by Crippen LogP contribution is 2.43. The predicted molar refractivity (Wildman–Crippen MR) is 126 cm³/mol. The van der Waals surface area contributed by atoms with Crippen LogP contribution in [0, 0.1) is 5.92 Å². The second-order valence-electron chi connectivity index (χ2n) is 8.58. The van der Waals surface area contributed by atoms with Crippen molar-refractivity contribution in [1.29, 1.82) is 0 Å². The standard InChI is InChI=1S/C23H32INOSi/c1-27(2,3)26-23(20-12-6-4-7-13-20,21-14-8-5-9-15-21)22-17-19(18-25-22)11-10-16-24/h4-9,12-15,19,22,25H,10-11,16-18H2,1-3H3/t19-,22+/m1/s1. The Morgan fingerprint density at radius 1 is 1.00 bits per heavy atom. The van der Waals surface area contributed by atoms with Crippen molar-refractivity contribution in [3.63, 3.8) is 0 Å². The summed E-state index contributed by atoms with van der Waals surface area (Å²) < 4.78 is 8.35. The van der Waals surface area contributed by atoms with E-state index in [1.165, 1.54) is 34.8 Å². The van der Waals surface area contributed by atoms with Gasteiger partial charge in [0, 0.05) is 6.04 Å². The molecule has 0 radical (unpaired) electrons. The summed E-state index contributed by atoms with van der Waals surface area (Å²) in [5.74, 6) is 0.738. The van der Waals surface area contributed by atoms with E-state index in [0.29, 0.717) is 6.04 Å². The Bertz CT molecular complexity index is 662. The maximum absolute atomic E-state index is 7.11. The fourth-order valence-corrected chi connectivity index (χ4v) is 6.10. The number of rotatable bonds is 8. The molecule has 3 rings (SSSR count). The topological polar surface area (TPSA) is 21.3 Å². The van der Waals surface area contributed by atoms with E-state index in [0.717, 1.165) is 12.5 Å². The third kappa shape index (κ3) is 5.02. The molecule has 1 N–H and O–H groups in total. The van der Waals surface area contributed by atoms with E-state index in [4.69, 9.17) is 4.43 Å². The van der Waals surface area contributed by atoms with Crippen LogP contribution < -0.4 is 5.32 Å². The van der Waals surface area contributed by atoms with E-state index < -0.39 is 13.9 Å². The highest BCUT2D eigenvalue weighted by molar-refractivity contribution is 14.1. The van der Waals surface area contributed by atoms with Crippen LogP contribution in [0.25, 0.3) is 0 Å². The second kappa shape index (κ2) is 9.20. The van der Waals surface area contributed by atoms with Gasteiger partial charge in [0.15, 0.2) is 8.32 Å². The van der Waals surface area contributed by atoms with E-state index in [1.807, 2.05) is 0 Å². The largest absolute Gasteiger partial charge is 0.403 e. The van der Waals surface area contributed by atoms with Crippen molar-refractivity contribution >= 4 is 30.9 Å². The molecule has 4 heteroatoms. The molecule has 1 aliphatic rings. The van der Waals surface area contributed by atoms with Crippen molar-refractivity contribution in [3.8, 4) is 0 Å². The van der Waals surface area contributed by atoms with Gasteiger partial charge in [0.1, 0.15) is 5.60 Å². The first-order valence-electron chi connectivity index (χ1n) is 10.1. The molecule has 1 saturated heterocycles. The van der Waals surface area contributed by atoms with E-state index in [1.54, 1.807) is 0 Å². The molecule has 0 spiro atoms. The van der Waals surface area contributed by atoms with Gasteiger partial charge in [-0.3, -0.25) is 0 Å². The van der Waals surface area contributed by atoms with Crippen LogP contribution in [0.4, 0.5) is 0 Å². The van der Waals surface area contributed by atoms with Crippen molar-refractivity contribution in [2.24, 2.45) is 5.92 Å². The maximum Gasteiger partial charge on any atom is 0.185 e. The lowest BCUT2D eigenvalue weighted by molar-refractivity contribution is 0.0624. The van der Waals surface area contributed by atoms with E-state index in [-0.39, 0.29) is 0 Å². The van der Waals surface area contributed by atoms with Crippen LogP contribution in [0.1, 0.15) is 30.4 Å². The Balaban J connectivity index is 2.07. The first kappa shape index (κ1) is 21.0. The average Bonchev–Trinajstić information content (AvgIpc) is 3.14. The zero-order valence-corrected chi connectivity index (χ0v) is 19.9. The molecule has 2 nitrogen and oxygen atoms in total. The average molecular weight is 494 g/mol. The zero-order chi connectivity index (χ0) is 19.3. The molecule has 1 heterocycles. The van der Waals surface area contributed by atoms with Gasteiger partial charge >= 0.3 is 0 Å². The summed E-state index contributed by atoms with van der Waals surface area (Å²) in [6, 6.07) is 22.0. The Morgan fingerprint density at radius 3 is 2.04 bits per heavy atom. The van der Waals surface area contributed by atoms with Gasteiger partial charge in [0.25, 0.3) is 0 Å². The van der Waals surface area contributed by atoms with Crippen molar-refractivity contribution in [3.05, 3.63) is 71.8 Å². The number of nitrogens with one attached hydrogen (secondary N) is 1. The van der Waals surface area contributed by atoms with Gasteiger partial charge in [-0.05, 0) is 66.9 Å². The summed E-state index contributed by atoms with van der Waals surface area (Å²) in [5, 5.41) is 3.87. The minimum atomic E-state index is -1.81. The number of halogens is 1. The van der Waals surface area contributed by atoms with Crippen molar-refractivity contribution < 1.29 is 4.43 Å². The Labute approximate surface area is 179 Å². The molecule has 2 atom stereocenters. The van der Waals surface area contributed by atoms with Gasteiger partial charge in [-0.2, -0.15) is 0 Å². The van der Waals surface area contributed by atoms with Crippen molar-refractivity contribution in [1.82, 2.24) is 5.32 Å². The molecule has 0 saturated carbocycles. The lowest BCUT2D eigenvalue weighted by atomic mass is 9.78. The Kier molecular flexibility index (Phi) is 7.17. The monoisotopic (exact) mass is 493 g/mol. The van der Waals surface area contributed by atoms with Crippen LogP contribution in [-0.4, -0.2) is 25.3 Å². The molecule has 27 heavy (non-hydrogen) atoms. The molecule has 1 aliphatic heterocycles. The summed E-state index contributed by atoms with van der Waals surface area (Å²) in [6.45, 7) is 8.00. The molecule has 0 aliphatic carbocycles. The SMILES string of the molecule is C[Si](C)(C)OC(c1ccccc1)(c1ccccc1)[C@@H]1C[C@@H](CCCI)CN1. The van der Waals surface area contributed by atoms with Crippen LogP contribution in [-0.2, 0) is 10.0 Å². The predicted octanol–water partition coefficient (Wildman–Crippen LogP) is 5.98. The molecule has 2 aromatic rings. The second-order valence-corrected chi connectivity index (χ2v) is 14.1. The number of hydrogen-bond donors (Lipinski definition) is 1. The molecule has 0 unspecified atom stereocenters. The minimum Gasteiger partial charge on any atom is -0.403 e. The normalized spacial score (nSPS) is 20.7. The number of alkyl halides is 1. The highest BCUT2D eigenvalue weighted by Gasteiger charge is 2.48. The molecule has 146 valence electrons. The highest BCUT2D eigenvalue weighted by atomic mass is 127. The van der Waals surface area contributed by atoms with Gasteiger partial charge in [-0.15, -0.1) is 0 Å². The Morgan fingerprint density at radius 2 is 1.56 bits per heavy atom. The molecular weight excluding hydrogens is 461 g/mol. The minimum absolute atomic E-state index is 0.299. The number of benzene rings is 2. The molecular formula is C23H32INOSi. The smallest absolute Gasteiger partial charge is 0.185 e. The van der Waals surface area contributed by atoms with E-state index >= 15 is 0 Å². The third-order valence-corrected chi connectivity index (χ3v) is 7.03. The van der Waals surface area contributed by atoms with E-state index in [2.05, 4.69) is 108 Å². The first-order valence-corrected chi connectivity index (χ1v) is 15.0. The Hall–Kier alpha value is -0.693. The molecule has 0 amide bonds. The molecule has 2 aromatic carbocycles. The summed E-state index contributed by atoms with van der Waals surface area (Å²) in [5.41, 5.74) is 2.11. The van der Waals surface area contributed by atoms with Gasteiger partial charge in [-0.25, -0.2) is 0 Å². The first-order chi connectivity index (χ1) is 13.0. The molecule has 0 bridgehead atoms. The zero-order valence-electron chi connectivity index (χ0n) is 16.7. The lowest BCUT2D eigenvalue weighted by Crippen LogP contribution is -2.53. The summed E-state index contributed by atoms with van der Waals surface area (Å²) in [7, 11) is -1.81. The maximum atomic E-state index is 7.11. The molecule has 0 aromatic heterocycles. The fourth-order valence-electron chi connectivity index (χ4n) is 4.32. The van der Waals surface area contributed by atoms with Gasteiger partial charge in [-0.1, -0.05) is 83.3 Å². The van der Waals surface area contributed by atoms with Crippen LogP contribution in [0.5, 0.6) is 0 Å². The van der Waals surface area contributed by atoms with Crippen LogP contribution in [0.2, 0.25) is 19.6 Å². The summed E-state index contributed by atoms with van der Waals surface area (Å²) >= 11 is 2.49. The van der Waals surface area contributed by atoms with Crippen LogP contribution in [0.15, 0.2) is 60.7 Å². The van der Waals surface area contributed by atoms with Gasteiger partial charge in [0.05, 0.1) is 0 Å². The summed E-state index contributed by atoms with van der Waals surface area (Å²) in [4.78, 5) is 0. The number of hydrogen-bond acceptors (Lipinski definition) is 2. The lowest BCUT2D eigenvalue weighted by Gasteiger charge is -2.44. The third-order valence-electron chi connectivity index (χ3n) is 5.33.